The molecule has 0 saturated heterocycles. The number of hydrogen-bond donors (Lipinski definition) is 0. The Hall–Kier alpha value is -0.120. The molecule has 2 aromatic rings. The number of hydrogen-bond acceptors (Lipinski definition) is 0. The van der Waals surface area contributed by atoms with Crippen LogP contribution in [-0.4, -0.2) is 10.7 Å². The van der Waals surface area contributed by atoms with Gasteiger partial charge < -0.3 is 0 Å². The average Bonchev–Trinajstić information content (AvgIpc) is 2.46. The van der Waals surface area contributed by atoms with E-state index in [1.807, 2.05) is 0 Å². The zero-order chi connectivity index (χ0) is 14.6. The minimum absolute atomic E-state index is 0.0495. The fourth-order valence-electron chi connectivity index (χ4n) is 2.47. The minimum Gasteiger partial charge on any atom is -0.0918 e. The lowest BCUT2D eigenvalue weighted by Gasteiger charge is -2.32. The van der Waals surface area contributed by atoms with Crippen molar-refractivity contribution >= 4 is 47.8 Å². The van der Waals surface area contributed by atoms with E-state index in [1.54, 1.807) is 0 Å². The minimum atomic E-state index is 0.0495. The van der Waals surface area contributed by atoms with Crippen molar-refractivity contribution in [3.63, 3.8) is 0 Å². The third-order valence-electron chi connectivity index (χ3n) is 3.58. The van der Waals surface area contributed by atoms with E-state index in [0.717, 1.165) is 17.1 Å². The highest BCUT2D eigenvalue weighted by atomic mass is 79.9. The molecule has 0 unspecified atom stereocenters. The Labute approximate surface area is 146 Å². The monoisotopic (exact) mass is 458 g/mol. The molecule has 2 rings (SSSR count). The number of rotatable bonds is 5. The Morgan fingerprint density at radius 1 is 0.950 bits per heavy atom. The van der Waals surface area contributed by atoms with Crippen LogP contribution in [0.3, 0.4) is 0 Å². The van der Waals surface area contributed by atoms with Crippen LogP contribution in [0.5, 0.6) is 0 Å². The van der Waals surface area contributed by atoms with Crippen LogP contribution >= 0.6 is 47.8 Å². The van der Waals surface area contributed by atoms with Gasteiger partial charge >= 0.3 is 0 Å². The highest BCUT2D eigenvalue weighted by Crippen LogP contribution is 2.37. The van der Waals surface area contributed by atoms with Crippen molar-refractivity contribution in [2.45, 2.75) is 18.8 Å². The molecule has 0 aliphatic heterocycles. The lowest BCUT2D eigenvalue weighted by atomic mass is 9.79. The van der Waals surface area contributed by atoms with E-state index in [2.05, 4.69) is 103 Å². The molecule has 106 valence electrons. The number of alkyl halides is 2. The van der Waals surface area contributed by atoms with Crippen molar-refractivity contribution in [2.24, 2.45) is 0 Å². The van der Waals surface area contributed by atoms with Crippen LogP contribution in [0.2, 0.25) is 0 Å². The predicted molar refractivity (Wildman–Crippen MR) is 98.3 cm³/mol. The maximum Gasteiger partial charge on any atom is 0.0213 e. The molecule has 0 amide bonds. The Balaban J connectivity index is 2.42. The van der Waals surface area contributed by atoms with Crippen LogP contribution in [0.1, 0.15) is 16.7 Å². The summed E-state index contributed by atoms with van der Waals surface area (Å²) in [5.74, 6) is 0. The molecule has 0 radical (unpaired) electrons. The van der Waals surface area contributed by atoms with Crippen molar-refractivity contribution in [3.05, 3.63) is 69.7 Å². The molecule has 0 bridgehead atoms. The Bertz CT molecular complexity index is 574. The van der Waals surface area contributed by atoms with Crippen LogP contribution < -0.4 is 0 Å². The summed E-state index contributed by atoms with van der Waals surface area (Å²) >= 11 is 11.2. The first-order valence-corrected chi connectivity index (χ1v) is 9.57. The Morgan fingerprint density at radius 2 is 1.65 bits per heavy atom. The predicted octanol–water partition coefficient (Wildman–Crippen LogP) is 6.03. The van der Waals surface area contributed by atoms with Gasteiger partial charge in [-0.05, 0) is 30.5 Å². The van der Waals surface area contributed by atoms with Gasteiger partial charge in [0.1, 0.15) is 0 Å². The molecule has 0 N–H and O–H groups in total. The van der Waals surface area contributed by atoms with Crippen LogP contribution in [0.4, 0.5) is 0 Å². The second kappa shape index (κ2) is 7.24. The van der Waals surface area contributed by atoms with Crippen LogP contribution in [0.25, 0.3) is 0 Å². The van der Waals surface area contributed by atoms with Gasteiger partial charge in [0.25, 0.3) is 0 Å². The third-order valence-corrected chi connectivity index (χ3v) is 6.42. The topological polar surface area (TPSA) is 0 Å². The maximum absolute atomic E-state index is 3.73. The van der Waals surface area contributed by atoms with E-state index < -0.39 is 0 Å². The van der Waals surface area contributed by atoms with E-state index >= 15 is 0 Å². The summed E-state index contributed by atoms with van der Waals surface area (Å²) in [6, 6.07) is 17.3. The van der Waals surface area contributed by atoms with Crippen LogP contribution in [-0.2, 0) is 11.8 Å². The molecular formula is C17H17Br3. The highest BCUT2D eigenvalue weighted by Gasteiger charge is 2.32. The molecule has 0 aliphatic carbocycles. The first-order valence-electron chi connectivity index (χ1n) is 6.54. The average molecular weight is 461 g/mol. The summed E-state index contributed by atoms with van der Waals surface area (Å²) in [5.41, 5.74) is 4.08. The fraction of sp³-hybridized carbons (Fsp3) is 0.294. The molecule has 3 heteroatoms. The Morgan fingerprint density at radius 3 is 2.25 bits per heavy atom. The lowest BCUT2D eigenvalue weighted by Crippen LogP contribution is -2.33. The lowest BCUT2D eigenvalue weighted by molar-refractivity contribution is 0.548. The van der Waals surface area contributed by atoms with Crippen LogP contribution in [0.15, 0.2) is 53.0 Å². The first kappa shape index (κ1) is 16.3. The maximum atomic E-state index is 3.73. The summed E-state index contributed by atoms with van der Waals surface area (Å²) in [7, 11) is 0. The molecule has 0 fully saturated rings. The number of aryl methyl sites for hydroxylation is 1. The van der Waals surface area contributed by atoms with Gasteiger partial charge in [0.15, 0.2) is 0 Å². The third kappa shape index (κ3) is 3.55. The largest absolute Gasteiger partial charge is 0.0918 e. The standard InChI is InChI=1S/C17H17Br3/c1-13-5-4-6-14(9-13)10-17(11-18,12-19)15-7-2-3-8-16(15)20/h2-9H,10-12H2,1H3. The number of benzene rings is 2. The molecule has 0 aliphatic rings. The summed E-state index contributed by atoms with van der Waals surface area (Å²) < 4.78 is 1.17. The Kier molecular flexibility index (Phi) is 5.88. The van der Waals surface area contributed by atoms with Gasteiger partial charge in [-0.1, -0.05) is 95.8 Å². The zero-order valence-corrected chi connectivity index (χ0v) is 16.1. The van der Waals surface area contributed by atoms with E-state index in [0.29, 0.717) is 0 Å². The zero-order valence-electron chi connectivity index (χ0n) is 11.4. The fourth-order valence-corrected chi connectivity index (χ4v) is 5.11. The molecular weight excluding hydrogens is 444 g/mol. The molecule has 0 spiro atoms. The van der Waals surface area contributed by atoms with Crippen molar-refractivity contribution < 1.29 is 0 Å². The second-order valence-electron chi connectivity index (χ2n) is 5.19. The van der Waals surface area contributed by atoms with Gasteiger partial charge in [0.05, 0.1) is 0 Å². The summed E-state index contributed by atoms with van der Waals surface area (Å²) in [6.07, 6.45) is 1.01. The summed E-state index contributed by atoms with van der Waals surface area (Å²) in [4.78, 5) is 0. The van der Waals surface area contributed by atoms with Gasteiger partial charge in [0.2, 0.25) is 0 Å². The molecule has 0 heterocycles. The van der Waals surface area contributed by atoms with Gasteiger partial charge in [-0.2, -0.15) is 0 Å². The highest BCUT2D eigenvalue weighted by molar-refractivity contribution is 9.10. The quantitative estimate of drug-likeness (QED) is 0.478. The molecule has 2 aromatic carbocycles. The van der Waals surface area contributed by atoms with E-state index in [4.69, 9.17) is 0 Å². The van der Waals surface area contributed by atoms with E-state index in [1.165, 1.54) is 21.2 Å². The van der Waals surface area contributed by atoms with Crippen molar-refractivity contribution in [3.8, 4) is 0 Å². The summed E-state index contributed by atoms with van der Waals surface area (Å²) in [5, 5.41) is 1.84. The van der Waals surface area contributed by atoms with Gasteiger partial charge in [-0.25, -0.2) is 0 Å². The van der Waals surface area contributed by atoms with E-state index in [9.17, 15) is 0 Å². The van der Waals surface area contributed by atoms with E-state index in [-0.39, 0.29) is 5.41 Å². The van der Waals surface area contributed by atoms with Crippen molar-refractivity contribution in [1.29, 1.82) is 0 Å². The van der Waals surface area contributed by atoms with Crippen LogP contribution in [0, 0.1) is 6.92 Å². The second-order valence-corrected chi connectivity index (χ2v) is 7.17. The molecule has 0 saturated carbocycles. The number of halogens is 3. The van der Waals surface area contributed by atoms with Gasteiger partial charge in [-0.3, -0.25) is 0 Å². The van der Waals surface area contributed by atoms with Crippen molar-refractivity contribution in [1.82, 2.24) is 0 Å². The summed E-state index contributed by atoms with van der Waals surface area (Å²) in [6.45, 7) is 2.14. The smallest absolute Gasteiger partial charge is 0.0213 e. The molecule has 0 nitrogen and oxygen atoms in total. The van der Waals surface area contributed by atoms with Gasteiger partial charge in [-0.15, -0.1) is 0 Å². The van der Waals surface area contributed by atoms with Crippen molar-refractivity contribution in [2.75, 3.05) is 10.7 Å². The normalized spacial score (nSPS) is 11.6. The SMILES string of the molecule is Cc1cccc(CC(CBr)(CBr)c2ccccc2Br)c1. The van der Waals surface area contributed by atoms with Gasteiger partial charge in [0, 0.05) is 20.5 Å². The molecule has 0 atom stereocenters. The molecule has 0 aromatic heterocycles. The first-order chi connectivity index (χ1) is 9.61. The molecule has 20 heavy (non-hydrogen) atoms.